The summed E-state index contributed by atoms with van der Waals surface area (Å²) in [4.78, 5) is 5.90. The van der Waals surface area contributed by atoms with Crippen molar-refractivity contribution < 1.29 is 13.2 Å². The number of nitrogens with zero attached hydrogens (tertiary/aromatic N) is 2. The summed E-state index contributed by atoms with van der Waals surface area (Å²) in [5.41, 5.74) is -0.720. The standard InChI is InChI=1S/C11H16F3N3S/c1-7-16-10(11(12,13)14)9(18-7)6-17(2)8-3-4-15-5-8/h8,15H,3-6H2,1-2H3. The molecule has 0 bridgehead atoms. The summed E-state index contributed by atoms with van der Waals surface area (Å²) in [6, 6.07) is 0.313. The van der Waals surface area contributed by atoms with Crippen LogP contribution in [0, 0.1) is 6.92 Å². The van der Waals surface area contributed by atoms with Gasteiger partial charge in [0.1, 0.15) is 0 Å². The quantitative estimate of drug-likeness (QED) is 0.920. The maximum Gasteiger partial charge on any atom is 0.434 e. The Hall–Kier alpha value is -0.660. The molecule has 1 aromatic rings. The van der Waals surface area contributed by atoms with Crippen LogP contribution in [0.3, 0.4) is 0 Å². The Morgan fingerprint density at radius 1 is 1.50 bits per heavy atom. The summed E-state index contributed by atoms with van der Waals surface area (Å²) in [5, 5.41) is 3.68. The molecular weight excluding hydrogens is 263 g/mol. The Kier molecular flexibility index (Phi) is 3.93. The highest BCUT2D eigenvalue weighted by atomic mass is 32.1. The topological polar surface area (TPSA) is 28.2 Å². The molecule has 1 atom stereocenters. The fourth-order valence-electron chi connectivity index (χ4n) is 2.17. The van der Waals surface area contributed by atoms with Crippen molar-refractivity contribution in [2.75, 3.05) is 20.1 Å². The molecule has 0 aliphatic carbocycles. The fourth-order valence-corrected chi connectivity index (χ4v) is 3.19. The zero-order valence-electron chi connectivity index (χ0n) is 10.3. The number of rotatable bonds is 3. The number of hydrogen-bond acceptors (Lipinski definition) is 4. The second kappa shape index (κ2) is 5.14. The predicted octanol–water partition coefficient (Wildman–Crippen LogP) is 2.26. The Balaban J connectivity index is 2.13. The highest BCUT2D eigenvalue weighted by Crippen LogP contribution is 2.35. The van der Waals surface area contributed by atoms with Gasteiger partial charge in [0, 0.05) is 19.1 Å². The van der Waals surface area contributed by atoms with Gasteiger partial charge in [0.05, 0.1) is 9.88 Å². The normalized spacial score (nSPS) is 20.9. The van der Waals surface area contributed by atoms with Gasteiger partial charge in [0.2, 0.25) is 0 Å². The Bertz CT molecular complexity index is 410. The van der Waals surface area contributed by atoms with Crippen LogP contribution in [0.2, 0.25) is 0 Å². The molecule has 1 N–H and O–H groups in total. The molecule has 0 amide bonds. The lowest BCUT2D eigenvalue weighted by Gasteiger charge is -2.23. The van der Waals surface area contributed by atoms with E-state index in [0.29, 0.717) is 22.5 Å². The molecule has 2 rings (SSSR count). The van der Waals surface area contributed by atoms with Crippen LogP contribution in [0.4, 0.5) is 13.2 Å². The average Bonchev–Trinajstić information content (AvgIpc) is 2.85. The van der Waals surface area contributed by atoms with E-state index in [1.54, 1.807) is 6.92 Å². The molecule has 0 aromatic carbocycles. The number of halogens is 3. The lowest BCUT2D eigenvalue weighted by Crippen LogP contribution is -2.33. The van der Waals surface area contributed by atoms with Gasteiger partial charge in [0.25, 0.3) is 0 Å². The number of hydrogen-bond donors (Lipinski definition) is 1. The summed E-state index contributed by atoms with van der Waals surface area (Å²) >= 11 is 1.14. The van der Waals surface area contributed by atoms with Gasteiger partial charge in [-0.1, -0.05) is 0 Å². The van der Waals surface area contributed by atoms with Crippen LogP contribution < -0.4 is 5.32 Å². The van der Waals surface area contributed by atoms with Crippen LogP contribution in [-0.4, -0.2) is 36.1 Å². The number of thiazole rings is 1. The third-order valence-electron chi connectivity index (χ3n) is 3.12. The van der Waals surface area contributed by atoms with Crippen molar-refractivity contribution in [1.29, 1.82) is 0 Å². The number of nitrogens with one attached hydrogen (secondary N) is 1. The second-order valence-electron chi connectivity index (χ2n) is 4.56. The van der Waals surface area contributed by atoms with Crippen molar-refractivity contribution in [3.05, 3.63) is 15.6 Å². The maximum atomic E-state index is 12.8. The molecule has 1 unspecified atom stereocenters. The molecule has 2 heterocycles. The number of aromatic nitrogens is 1. The number of likely N-dealkylation sites (N-methyl/N-ethyl adjacent to an activating group) is 1. The van der Waals surface area contributed by atoms with E-state index >= 15 is 0 Å². The Morgan fingerprint density at radius 3 is 2.78 bits per heavy atom. The third kappa shape index (κ3) is 3.02. The van der Waals surface area contributed by atoms with Crippen LogP contribution >= 0.6 is 11.3 Å². The van der Waals surface area contributed by atoms with Gasteiger partial charge in [-0.25, -0.2) is 4.98 Å². The van der Waals surface area contributed by atoms with Crippen LogP contribution in [0.5, 0.6) is 0 Å². The van der Waals surface area contributed by atoms with E-state index in [0.717, 1.165) is 30.8 Å². The molecule has 0 radical (unpaired) electrons. The largest absolute Gasteiger partial charge is 0.434 e. The molecule has 1 fully saturated rings. The van der Waals surface area contributed by atoms with E-state index < -0.39 is 11.9 Å². The minimum absolute atomic E-state index is 0.312. The molecule has 1 aromatic heterocycles. The summed E-state index contributed by atoms with van der Waals surface area (Å²) in [5.74, 6) is 0. The Morgan fingerprint density at radius 2 is 2.22 bits per heavy atom. The lowest BCUT2D eigenvalue weighted by molar-refractivity contribution is -0.141. The van der Waals surface area contributed by atoms with Crippen molar-refractivity contribution >= 4 is 11.3 Å². The molecule has 1 aliphatic rings. The van der Waals surface area contributed by atoms with Gasteiger partial charge in [-0.3, -0.25) is 4.90 Å². The van der Waals surface area contributed by atoms with E-state index in [-0.39, 0.29) is 0 Å². The van der Waals surface area contributed by atoms with Crippen LogP contribution in [-0.2, 0) is 12.7 Å². The monoisotopic (exact) mass is 279 g/mol. The van der Waals surface area contributed by atoms with Crippen LogP contribution in [0.25, 0.3) is 0 Å². The molecular formula is C11H16F3N3S. The summed E-state index contributed by atoms with van der Waals surface area (Å²) in [6.07, 6.45) is -3.37. The third-order valence-corrected chi connectivity index (χ3v) is 4.08. The minimum Gasteiger partial charge on any atom is -0.315 e. The van der Waals surface area contributed by atoms with Gasteiger partial charge >= 0.3 is 6.18 Å². The molecule has 1 saturated heterocycles. The zero-order valence-corrected chi connectivity index (χ0v) is 11.2. The summed E-state index contributed by atoms with van der Waals surface area (Å²) in [6.45, 7) is 3.70. The molecule has 18 heavy (non-hydrogen) atoms. The molecule has 3 nitrogen and oxygen atoms in total. The molecule has 7 heteroatoms. The second-order valence-corrected chi connectivity index (χ2v) is 5.85. The minimum atomic E-state index is -4.35. The Labute approximate surface area is 108 Å². The van der Waals surface area contributed by atoms with Gasteiger partial charge in [-0.2, -0.15) is 13.2 Å². The first-order chi connectivity index (χ1) is 8.38. The van der Waals surface area contributed by atoms with E-state index in [9.17, 15) is 13.2 Å². The summed E-state index contributed by atoms with van der Waals surface area (Å²) < 4.78 is 38.4. The van der Waals surface area contributed by atoms with E-state index in [1.807, 2.05) is 11.9 Å². The summed E-state index contributed by atoms with van der Waals surface area (Å²) in [7, 11) is 1.87. The maximum absolute atomic E-state index is 12.8. The molecule has 102 valence electrons. The molecule has 0 saturated carbocycles. The molecule has 0 spiro atoms. The first-order valence-electron chi connectivity index (χ1n) is 5.82. The smallest absolute Gasteiger partial charge is 0.315 e. The first-order valence-corrected chi connectivity index (χ1v) is 6.64. The zero-order chi connectivity index (χ0) is 13.3. The molecule has 1 aliphatic heterocycles. The number of aryl methyl sites for hydroxylation is 1. The van der Waals surface area contributed by atoms with Crippen molar-refractivity contribution in [1.82, 2.24) is 15.2 Å². The van der Waals surface area contributed by atoms with Crippen LogP contribution in [0.1, 0.15) is 22.0 Å². The van der Waals surface area contributed by atoms with Crippen molar-refractivity contribution in [3.63, 3.8) is 0 Å². The van der Waals surface area contributed by atoms with Gasteiger partial charge in [0.15, 0.2) is 5.69 Å². The van der Waals surface area contributed by atoms with Crippen molar-refractivity contribution in [2.45, 2.75) is 32.1 Å². The van der Waals surface area contributed by atoms with E-state index in [2.05, 4.69) is 10.3 Å². The highest BCUT2D eigenvalue weighted by Gasteiger charge is 2.37. The van der Waals surface area contributed by atoms with Gasteiger partial charge in [-0.15, -0.1) is 11.3 Å². The average molecular weight is 279 g/mol. The lowest BCUT2D eigenvalue weighted by atomic mass is 10.2. The fraction of sp³-hybridized carbons (Fsp3) is 0.727. The number of alkyl halides is 3. The van der Waals surface area contributed by atoms with Gasteiger partial charge < -0.3 is 5.32 Å². The highest BCUT2D eigenvalue weighted by molar-refractivity contribution is 7.11. The van der Waals surface area contributed by atoms with Crippen molar-refractivity contribution in [3.8, 4) is 0 Å². The van der Waals surface area contributed by atoms with E-state index in [4.69, 9.17) is 0 Å². The van der Waals surface area contributed by atoms with Crippen molar-refractivity contribution in [2.24, 2.45) is 0 Å². The SMILES string of the molecule is Cc1nc(C(F)(F)F)c(CN(C)C2CCNC2)s1. The van der Waals surface area contributed by atoms with Crippen LogP contribution in [0.15, 0.2) is 0 Å². The van der Waals surface area contributed by atoms with E-state index in [1.165, 1.54) is 0 Å². The van der Waals surface area contributed by atoms with Gasteiger partial charge in [-0.05, 0) is 26.9 Å². The predicted molar refractivity (Wildman–Crippen MR) is 64.6 cm³/mol. The first kappa shape index (κ1) is 13.8.